The third kappa shape index (κ3) is 4.93. The normalized spacial score (nSPS) is 15.2. The summed E-state index contributed by atoms with van der Waals surface area (Å²) in [7, 11) is 0. The summed E-state index contributed by atoms with van der Waals surface area (Å²) in [5.74, 6) is 0.523. The SMILES string of the molecule is CC(C)=N/C(=C(\C)c1ccnc(NC2CC2)n1)c1cccc(C(F)(F)F)c1. The number of nitrogens with one attached hydrogen (secondary N) is 1. The summed E-state index contributed by atoms with van der Waals surface area (Å²) in [5.41, 5.74) is 2.23. The molecule has 7 heteroatoms. The summed E-state index contributed by atoms with van der Waals surface area (Å²) in [6, 6.07) is 7.35. The van der Waals surface area contributed by atoms with Crippen LogP contribution in [-0.4, -0.2) is 21.7 Å². The van der Waals surface area contributed by atoms with E-state index in [9.17, 15) is 13.2 Å². The van der Waals surface area contributed by atoms with Crippen molar-refractivity contribution in [3.8, 4) is 0 Å². The minimum Gasteiger partial charge on any atom is -0.351 e. The van der Waals surface area contributed by atoms with E-state index in [1.165, 1.54) is 6.07 Å². The highest BCUT2D eigenvalue weighted by molar-refractivity contribution is 5.95. The van der Waals surface area contributed by atoms with Crippen LogP contribution in [0.25, 0.3) is 11.3 Å². The molecule has 0 unspecified atom stereocenters. The second-order valence-electron chi connectivity index (χ2n) is 6.80. The Bertz CT molecular complexity index is 892. The molecule has 0 saturated heterocycles. The van der Waals surface area contributed by atoms with Gasteiger partial charge in [0.15, 0.2) is 0 Å². The van der Waals surface area contributed by atoms with Gasteiger partial charge in [-0.3, -0.25) is 4.99 Å². The Balaban J connectivity index is 2.07. The Morgan fingerprint density at radius 1 is 1.15 bits per heavy atom. The molecule has 0 atom stereocenters. The van der Waals surface area contributed by atoms with Crippen molar-refractivity contribution < 1.29 is 13.2 Å². The van der Waals surface area contributed by atoms with E-state index in [1.54, 1.807) is 32.2 Å². The number of rotatable bonds is 5. The van der Waals surface area contributed by atoms with Crippen molar-refractivity contribution in [2.24, 2.45) is 4.99 Å². The first-order chi connectivity index (χ1) is 12.7. The average molecular weight is 374 g/mol. The van der Waals surface area contributed by atoms with Crippen LogP contribution in [0.1, 0.15) is 50.4 Å². The molecule has 1 aliphatic rings. The van der Waals surface area contributed by atoms with Crippen LogP contribution in [0.2, 0.25) is 0 Å². The van der Waals surface area contributed by atoms with Gasteiger partial charge in [-0.1, -0.05) is 12.1 Å². The number of hydrogen-bond acceptors (Lipinski definition) is 4. The van der Waals surface area contributed by atoms with E-state index < -0.39 is 11.7 Å². The van der Waals surface area contributed by atoms with E-state index >= 15 is 0 Å². The van der Waals surface area contributed by atoms with Gasteiger partial charge in [-0.2, -0.15) is 13.2 Å². The molecular formula is C20H21F3N4. The van der Waals surface area contributed by atoms with Crippen LogP contribution in [0.15, 0.2) is 41.5 Å². The van der Waals surface area contributed by atoms with Crippen LogP contribution in [0, 0.1) is 0 Å². The lowest BCUT2D eigenvalue weighted by atomic mass is 10.0. The van der Waals surface area contributed by atoms with Crippen LogP contribution < -0.4 is 5.32 Å². The summed E-state index contributed by atoms with van der Waals surface area (Å²) in [4.78, 5) is 13.2. The number of nitrogens with zero attached hydrogens (tertiary/aromatic N) is 3. The molecule has 1 saturated carbocycles. The fourth-order valence-corrected chi connectivity index (χ4v) is 2.60. The molecule has 4 nitrogen and oxygen atoms in total. The molecular weight excluding hydrogens is 353 g/mol. The maximum Gasteiger partial charge on any atom is 0.416 e. The van der Waals surface area contributed by atoms with Gasteiger partial charge in [0.05, 0.1) is 17.0 Å². The highest BCUT2D eigenvalue weighted by atomic mass is 19.4. The zero-order chi connectivity index (χ0) is 19.6. The maximum absolute atomic E-state index is 13.1. The molecule has 1 heterocycles. The Hall–Kier alpha value is -2.70. The van der Waals surface area contributed by atoms with Crippen LogP contribution in [0.3, 0.4) is 0 Å². The molecule has 1 fully saturated rings. The number of aromatic nitrogens is 2. The molecule has 1 N–H and O–H groups in total. The van der Waals surface area contributed by atoms with E-state index in [0.29, 0.717) is 34.5 Å². The molecule has 3 rings (SSSR count). The fraction of sp³-hybridized carbons (Fsp3) is 0.350. The van der Waals surface area contributed by atoms with E-state index in [-0.39, 0.29) is 0 Å². The molecule has 1 aromatic carbocycles. The molecule has 0 aliphatic heterocycles. The van der Waals surface area contributed by atoms with E-state index in [0.717, 1.165) is 30.7 Å². The Morgan fingerprint density at radius 3 is 2.52 bits per heavy atom. The first-order valence-corrected chi connectivity index (χ1v) is 8.74. The fourth-order valence-electron chi connectivity index (χ4n) is 2.60. The first kappa shape index (κ1) is 19.1. The summed E-state index contributed by atoms with van der Waals surface area (Å²) < 4.78 is 39.4. The predicted molar refractivity (Wildman–Crippen MR) is 101 cm³/mol. The Labute approximate surface area is 156 Å². The zero-order valence-electron chi connectivity index (χ0n) is 15.4. The molecule has 27 heavy (non-hydrogen) atoms. The van der Waals surface area contributed by atoms with Gasteiger partial charge in [0, 0.05) is 29.1 Å². The van der Waals surface area contributed by atoms with Gasteiger partial charge in [-0.25, -0.2) is 9.97 Å². The Kier molecular flexibility index (Phi) is 5.30. The number of halogens is 3. The van der Waals surface area contributed by atoms with Gasteiger partial charge in [0.2, 0.25) is 5.95 Å². The maximum atomic E-state index is 13.1. The van der Waals surface area contributed by atoms with Crippen molar-refractivity contribution in [1.29, 1.82) is 0 Å². The number of aliphatic imine (C=N–C) groups is 1. The second-order valence-corrected chi connectivity index (χ2v) is 6.80. The highest BCUT2D eigenvalue weighted by Crippen LogP contribution is 2.33. The molecule has 2 aromatic rings. The monoisotopic (exact) mass is 374 g/mol. The third-order valence-corrected chi connectivity index (χ3v) is 4.10. The summed E-state index contributed by atoms with van der Waals surface area (Å²) in [5, 5.41) is 3.23. The van der Waals surface area contributed by atoms with Crippen LogP contribution in [0.5, 0.6) is 0 Å². The van der Waals surface area contributed by atoms with E-state index in [4.69, 9.17) is 0 Å². The summed E-state index contributed by atoms with van der Waals surface area (Å²) >= 11 is 0. The quantitative estimate of drug-likeness (QED) is 0.709. The van der Waals surface area contributed by atoms with Crippen molar-refractivity contribution >= 4 is 22.9 Å². The predicted octanol–water partition coefficient (Wildman–Crippen LogP) is 5.44. The number of alkyl halides is 3. The zero-order valence-corrected chi connectivity index (χ0v) is 15.4. The molecule has 1 aliphatic carbocycles. The second kappa shape index (κ2) is 7.50. The summed E-state index contributed by atoms with van der Waals surface area (Å²) in [6.07, 6.45) is -0.576. The van der Waals surface area contributed by atoms with Crippen molar-refractivity contribution in [3.05, 3.63) is 53.3 Å². The smallest absolute Gasteiger partial charge is 0.351 e. The van der Waals surface area contributed by atoms with E-state index in [1.807, 2.05) is 6.92 Å². The topological polar surface area (TPSA) is 50.2 Å². The highest BCUT2D eigenvalue weighted by Gasteiger charge is 2.30. The summed E-state index contributed by atoms with van der Waals surface area (Å²) in [6.45, 7) is 5.42. The molecule has 1 aromatic heterocycles. The van der Waals surface area contributed by atoms with Crippen LogP contribution in [0.4, 0.5) is 19.1 Å². The lowest BCUT2D eigenvalue weighted by Gasteiger charge is -2.13. The third-order valence-electron chi connectivity index (χ3n) is 4.10. The van der Waals surface area contributed by atoms with Gasteiger partial charge in [0.1, 0.15) is 0 Å². The average Bonchev–Trinajstić information content (AvgIpc) is 3.42. The molecule has 142 valence electrons. The first-order valence-electron chi connectivity index (χ1n) is 8.74. The lowest BCUT2D eigenvalue weighted by molar-refractivity contribution is -0.137. The minimum atomic E-state index is -4.41. The number of anilines is 1. The Morgan fingerprint density at radius 2 is 1.89 bits per heavy atom. The minimum absolute atomic E-state index is 0.402. The van der Waals surface area contributed by atoms with Crippen molar-refractivity contribution in [2.75, 3.05) is 5.32 Å². The molecule has 0 radical (unpaired) electrons. The van der Waals surface area contributed by atoms with Gasteiger partial charge < -0.3 is 5.32 Å². The number of benzene rings is 1. The van der Waals surface area contributed by atoms with Gasteiger partial charge in [-0.15, -0.1) is 0 Å². The molecule has 0 spiro atoms. The van der Waals surface area contributed by atoms with Gasteiger partial charge in [0.25, 0.3) is 0 Å². The van der Waals surface area contributed by atoms with Gasteiger partial charge >= 0.3 is 6.18 Å². The van der Waals surface area contributed by atoms with Crippen molar-refractivity contribution in [2.45, 2.75) is 45.8 Å². The van der Waals surface area contributed by atoms with Crippen LogP contribution >= 0.6 is 0 Å². The van der Waals surface area contributed by atoms with Gasteiger partial charge in [-0.05, 0) is 51.8 Å². The largest absolute Gasteiger partial charge is 0.416 e. The van der Waals surface area contributed by atoms with E-state index in [2.05, 4.69) is 20.3 Å². The number of allylic oxidation sites excluding steroid dienone is 1. The standard InChI is InChI=1S/C20H21F3N4/c1-12(2)25-18(14-5-4-6-15(11-14)20(21,22)23)13(3)17-9-10-24-19(27-17)26-16-7-8-16/h4-6,9-11,16H,7-8H2,1-3H3,(H,24,26,27)/b18-13+. The van der Waals surface area contributed by atoms with Crippen LogP contribution in [-0.2, 0) is 6.18 Å². The van der Waals surface area contributed by atoms with Crippen molar-refractivity contribution in [1.82, 2.24) is 9.97 Å². The molecule has 0 amide bonds. The lowest BCUT2D eigenvalue weighted by Crippen LogP contribution is -2.07. The number of hydrogen-bond donors (Lipinski definition) is 1. The van der Waals surface area contributed by atoms with Crippen molar-refractivity contribution in [3.63, 3.8) is 0 Å². The molecule has 0 bridgehead atoms.